The summed E-state index contributed by atoms with van der Waals surface area (Å²) in [5.74, 6) is -0.293. The van der Waals surface area contributed by atoms with Crippen LogP contribution in [-0.2, 0) is 21.2 Å². The highest BCUT2D eigenvalue weighted by Gasteiger charge is 2.17. The Bertz CT molecular complexity index is 713. The number of hydrogen-bond donors (Lipinski definition) is 2. The number of sulfonamides is 1. The zero-order chi connectivity index (χ0) is 15.3. The number of rotatable bonds is 6. The second-order valence-electron chi connectivity index (χ2n) is 4.17. The molecule has 1 amide bonds. The van der Waals surface area contributed by atoms with E-state index in [9.17, 15) is 13.2 Å². The highest BCUT2D eigenvalue weighted by atomic mass is 32.2. The molecule has 0 aliphatic rings. The maximum atomic E-state index is 12.1. The Labute approximate surface area is 126 Å². The molecule has 9 heteroatoms. The van der Waals surface area contributed by atoms with Gasteiger partial charge < -0.3 is 5.32 Å². The van der Waals surface area contributed by atoms with E-state index in [2.05, 4.69) is 20.0 Å². The molecule has 0 radical (unpaired) electrons. The third-order valence-electron chi connectivity index (χ3n) is 2.49. The summed E-state index contributed by atoms with van der Waals surface area (Å²) in [7, 11) is -3.61. The van der Waals surface area contributed by atoms with Gasteiger partial charge in [0.2, 0.25) is 5.91 Å². The van der Waals surface area contributed by atoms with Crippen LogP contribution in [0.5, 0.6) is 0 Å². The second kappa shape index (κ2) is 6.74. The van der Waals surface area contributed by atoms with Gasteiger partial charge in [0.25, 0.3) is 10.0 Å². The standard InChI is InChI=1S/C12H14N4O3S2/c1-9(17)16-12-14-8-11(20-12)21(18,19)15-7-4-10-2-5-13-6-3-10/h2-3,5-6,8,15H,4,7H2,1H3,(H,14,16,17). The summed E-state index contributed by atoms with van der Waals surface area (Å²) in [6.45, 7) is 1.61. The lowest BCUT2D eigenvalue weighted by atomic mass is 10.2. The molecular formula is C12H14N4O3S2. The maximum absolute atomic E-state index is 12.1. The minimum absolute atomic E-state index is 0.0704. The lowest BCUT2D eigenvalue weighted by Crippen LogP contribution is -2.25. The summed E-state index contributed by atoms with van der Waals surface area (Å²) < 4.78 is 26.7. The molecular weight excluding hydrogens is 312 g/mol. The van der Waals surface area contributed by atoms with Crippen molar-refractivity contribution in [3.63, 3.8) is 0 Å². The minimum atomic E-state index is -3.61. The van der Waals surface area contributed by atoms with Crippen LogP contribution >= 0.6 is 11.3 Å². The van der Waals surface area contributed by atoms with Gasteiger partial charge in [0.1, 0.15) is 0 Å². The van der Waals surface area contributed by atoms with Gasteiger partial charge in [-0.15, -0.1) is 0 Å². The average molecular weight is 326 g/mol. The van der Waals surface area contributed by atoms with Crippen molar-refractivity contribution in [3.05, 3.63) is 36.3 Å². The molecule has 0 fully saturated rings. The zero-order valence-corrected chi connectivity index (χ0v) is 12.9. The Hall–Kier alpha value is -1.84. The molecule has 0 atom stereocenters. The van der Waals surface area contributed by atoms with Gasteiger partial charge in [-0.25, -0.2) is 18.1 Å². The van der Waals surface area contributed by atoms with Crippen LogP contribution in [0.15, 0.2) is 34.9 Å². The molecule has 2 aromatic rings. The molecule has 0 aliphatic heterocycles. The Morgan fingerprint density at radius 3 is 2.71 bits per heavy atom. The number of aromatic nitrogens is 2. The second-order valence-corrected chi connectivity index (χ2v) is 7.19. The lowest BCUT2D eigenvalue weighted by Gasteiger charge is -2.04. The number of carbonyl (C=O) groups excluding carboxylic acids is 1. The van der Waals surface area contributed by atoms with Gasteiger partial charge in [-0.05, 0) is 24.1 Å². The normalized spacial score (nSPS) is 11.3. The van der Waals surface area contributed by atoms with E-state index in [1.54, 1.807) is 12.4 Å². The molecule has 112 valence electrons. The van der Waals surface area contributed by atoms with Crippen molar-refractivity contribution in [1.29, 1.82) is 0 Å². The van der Waals surface area contributed by atoms with Crippen molar-refractivity contribution >= 4 is 32.4 Å². The van der Waals surface area contributed by atoms with Gasteiger partial charge in [-0.1, -0.05) is 11.3 Å². The fourth-order valence-corrected chi connectivity index (χ4v) is 3.70. The van der Waals surface area contributed by atoms with E-state index in [-0.39, 0.29) is 21.8 Å². The molecule has 0 spiro atoms. The molecule has 2 aromatic heterocycles. The molecule has 0 unspecified atom stereocenters. The molecule has 2 rings (SSSR count). The van der Waals surface area contributed by atoms with Gasteiger partial charge in [-0.2, -0.15) is 0 Å². The zero-order valence-electron chi connectivity index (χ0n) is 11.2. The molecule has 2 N–H and O–H groups in total. The van der Waals surface area contributed by atoms with Crippen LogP contribution in [0.4, 0.5) is 5.13 Å². The summed E-state index contributed by atoms with van der Waals surface area (Å²) in [4.78, 5) is 18.6. The van der Waals surface area contributed by atoms with Crippen LogP contribution in [0, 0.1) is 0 Å². The van der Waals surface area contributed by atoms with E-state index in [0.717, 1.165) is 16.9 Å². The van der Waals surface area contributed by atoms with Crippen LogP contribution in [-0.4, -0.2) is 30.8 Å². The average Bonchev–Trinajstić information content (AvgIpc) is 2.88. The predicted molar refractivity (Wildman–Crippen MR) is 79.5 cm³/mol. The molecule has 0 aliphatic carbocycles. The summed E-state index contributed by atoms with van der Waals surface area (Å²) in [6, 6.07) is 3.66. The fourth-order valence-electron chi connectivity index (χ4n) is 1.54. The minimum Gasteiger partial charge on any atom is -0.302 e. The van der Waals surface area contributed by atoms with Gasteiger partial charge in [0.05, 0.1) is 6.20 Å². The lowest BCUT2D eigenvalue weighted by molar-refractivity contribution is -0.114. The summed E-state index contributed by atoms with van der Waals surface area (Å²) in [5.41, 5.74) is 0.996. The third kappa shape index (κ3) is 4.59. The first-order chi connectivity index (χ1) is 9.97. The SMILES string of the molecule is CC(=O)Nc1ncc(S(=O)(=O)NCCc2ccncc2)s1. The number of nitrogens with one attached hydrogen (secondary N) is 2. The van der Waals surface area contributed by atoms with Crippen LogP contribution < -0.4 is 10.0 Å². The van der Waals surface area contributed by atoms with Crippen LogP contribution in [0.25, 0.3) is 0 Å². The monoisotopic (exact) mass is 326 g/mol. The third-order valence-corrected chi connectivity index (χ3v) is 5.32. The van der Waals surface area contributed by atoms with E-state index >= 15 is 0 Å². The van der Waals surface area contributed by atoms with Crippen molar-refractivity contribution in [2.45, 2.75) is 17.6 Å². The number of thiazole rings is 1. The summed E-state index contributed by atoms with van der Waals surface area (Å²) in [6.07, 6.45) is 5.11. The quantitative estimate of drug-likeness (QED) is 0.825. The molecule has 0 aromatic carbocycles. The first kappa shape index (κ1) is 15.5. The Kier molecular flexibility index (Phi) is 4.99. The Morgan fingerprint density at radius 1 is 1.33 bits per heavy atom. The van der Waals surface area contributed by atoms with E-state index in [1.165, 1.54) is 13.1 Å². The number of hydrogen-bond acceptors (Lipinski definition) is 6. The predicted octanol–water partition coefficient (Wildman–Crippen LogP) is 1.02. The van der Waals surface area contributed by atoms with Crippen molar-refractivity contribution in [1.82, 2.24) is 14.7 Å². The number of anilines is 1. The van der Waals surface area contributed by atoms with Gasteiger partial charge in [0, 0.05) is 25.9 Å². The maximum Gasteiger partial charge on any atom is 0.251 e. The van der Waals surface area contributed by atoms with Gasteiger partial charge in [0.15, 0.2) is 9.34 Å². The molecule has 7 nitrogen and oxygen atoms in total. The van der Waals surface area contributed by atoms with E-state index < -0.39 is 10.0 Å². The van der Waals surface area contributed by atoms with Crippen molar-refractivity contribution in [2.75, 3.05) is 11.9 Å². The number of carbonyl (C=O) groups is 1. The van der Waals surface area contributed by atoms with Crippen molar-refractivity contribution < 1.29 is 13.2 Å². The highest BCUT2D eigenvalue weighted by molar-refractivity contribution is 7.91. The van der Waals surface area contributed by atoms with Gasteiger partial charge >= 0.3 is 0 Å². The Balaban J connectivity index is 1.95. The van der Waals surface area contributed by atoms with Crippen LogP contribution in [0.3, 0.4) is 0 Å². The first-order valence-electron chi connectivity index (χ1n) is 6.09. The largest absolute Gasteiger partial charge is 0.302 e. The van der Waals surface area contributed by atoms with Crippen molar-refractivity contribution in [2.24, 2.45) is 0 Å². The highest BCUT2D eigenvalue weighted by Crippen LogP contribution is 2.22. The molecule has 0 bridgehead atoms. The van der Waals surface area contributed by atoms with Gasteiger partial charge in [-0.3, -0.25) is 9.78 Å². The topological polar surface area (TPSA) is 101 Å². The van der Waals surface area contributed by atoms with E-state index in [1.807, 2.05) is 12.1 Å². The van der Waals surface area contributed by atoms with Crippen LogP contribution in [0.1, 0.15) is 12.5 Å². The van der Waals surface area contributed by atoms with E-state index in [4.69, 9.17) is 0 Å². The number of pyridine rings is 1. The molecule has 2 heterocycles. The molecule has 0 saturated heterocycles. The molecule has 21 heavy (non-hydrogen) atoms. The van der Waals surface area contributed by atoms with Crippen molar-refractivity contribution in [3.8, 4) is 0 Å². The summed E-state index contributed by atoms with van der Waals surface area (Å²) >= 11 is 0.911. The first-order valence-corrected chi connectivity index (χ1v) is 8.39. The fraction of sp³-hybridized carbons (Fsp3) is 0.250. The number of nitrogens with zero attached hydrogens (tertiary/aromatic N) is 2. The summed E-state index contributed by atoms with van der Waals surface area (Å²) in [5, 5.41) is 2.71. The molecule has 0 saturated carbocycles. The van der Waals surface area contributed by atoms with E-state index in [0.29, 0.717) is 6.42 Å². The van der Waals surface area contributed by atoms with Crippen LogP contribution in [0.2, 0.25) is 0 Å². The number of amides is 1. The smallest absolute Gasteiger partial charge is 0.251 e. The Morgan fingerprint density at radius 2 is 2.05 bits per heavy atom.